The molecule has 1 aromatic rings. The van der Waals surface area contributed by atoms with Gasteiger partial charge in [-0.05, 0) is 25.8 Å². The summed E-state index contributed by atoms with van der Waals surface area (Å²) in [5.41, 5.74) is 2.53. The van der Waals surface area contributed by atoms with Gasteiger partial charge in [-0.15, -0.1) is 0 Å². The summed E-state index contributed by atoms with van der Waals surface area (Å²) < 4.78 is 0. The van der Waals surface area contributed by atoms with Crippen molar-refractivity contribution in [2.75, 3.05) is 0 Å². The third-order valence-electron chi connectivity index (χ3n) is 2.65. The van der Waals surface area contributed by atoms with E-state index in [1.165, 1.54) is 0 Å². The lowest BCUT2D eigenvalue weighted by Gasteiger charge is -2.34. The highest BCUT2D eigenvalue weighted by Crippen LogP contribution is 2.29. The number of hydrogen-bond donors (Lipinski definition) is 1. The van der Waals surface area contributed by atoms with Gasteiger partial charge in [0.15, 0.2) is 0 Å². The third-order valence-corrected chi connectivity index (χ3v) is 2.65. The van der Waals surface area contributed by atoms with E-state index in [4.69, 9.17) is 0 Å². The molecule has 1 heterocycles. The monoisotopic (exact) mass is 218 g/mol. The Morgan fingerprint density at radius 1 is 1.44 bits per heavy atom. The lowest BCUT2D eigenvalue weighted by atomic mass is 9.86. The van der Waals surface area contributed by atoms with Gasteiger partial charge in [0.1, 0.15) is 5.70 Å². The van der Waals surface area contributed by atoms with Crippen LogP contribution in [0.2, 0.25) is 0 Å². The van der Waals surface area contributed by atoms with Gasteiger partial charge < -0.3 is 5.32 Å². The van der Waals surface area contributed by atoms with Crippen molar-refractivity contribution < 1.29 is 4.92 Å². The van der Waals surface area contributed by atoms with Crippen LogP contribution in [-0.2, 0) is 6.42 Å². The van der Waals surface area contributed by atoms with Crippen molar-refractivity contribution in [3.05, 3.63) is 51.7 Å². The molecule has 0 radical (unpaired) electrons. The minimum atomic E-state index is -0.416. The van der Waals surface area contributed by atoms with Gasteiger partial charge in [0.2, 0.25) is 0 Å². The molecule has 1 aromatic carbocycles. The second kappa shape index (κ2) is 3.63. The lowest BCUT2D eigenvalue weighted by Crippen LogP contribution is -2.43. The van der Waals surface area contributed by atoms with Crippen LogP contribution in [0.4, 0.5) is 0 Å². The molecule has 0 spiro atoms. The fourth-order valence-electron chi connectivity index (χ4n) is 2.10. The van der Waals surface area contributed by atoms with Crippen LogP contribution >= 0.6 is 0 Å². The van der Waals surface area contributed by atoms with Gasteiger partial charge in [-0.3, -0.25) is 10.1 Å². The summed E-state index contributed by atoms with van der Waals surface area (Å²) in [7, 11) is 0. The molecule has 0 atom stereocenters. The topological polar surface area (TPSA) is 55.2 Å². The molecule has 0 saturated heterocycles. The van der Waals surface area contributed by atoms with Crippen molar-refractivity contribution in [3.8, 4) is 0 Å². The van der Waals surface area contributed by atoms with Gasteiger partial charge in [0.25, 0.3) is 6.20 Å². The Labute approximate surface area is 94.1 Å². The first-order valence-corrected chi connectivity index (χ1v) is 5.20. The molecule has 2 rings (SSSR count). The molecular weight excluding hydrogens is 204 g/mol. The van der Waals surface area contributed by atoms with Gasteiger partial charge in [-0.2, -0.15) is 0 Å². The molecule has 1 aliphatic rings. The number of benzene rings is 1. The SMILES string of the molecule is CC1(C)Cc2ccccc2/C(=C/[N+](=O)[O-])N1. The van der Waals surface area contributed by atoms with E-state index in [2.05, 4.69) is 5.32 Å². The lowest BCUT2D eigenvalue weighted by molar-refractivity contribution is -0.401. The van der Waals surface area contributed by atoms with E-state index in [1.54, 1.807) is 0 Å². The maximum atomic E-state index is 10.6. The van der Waals surface area contributed by atoms with Crippen molar-refractivity contribution in [3.63, 3.8) is 0 Å². The van der Waals surface area contributed by atoms with Gasteiger partial charge in [-0.25, -0.2) is 0 Å². The molecule has 0 bridgehead atoms. The predicted molar refractivity (Wildman–Crippen MR) is 62.3 cm³/mol. The molecule has 0 aliphatic carbocycles. The molecule has 1 aliphatic heterocycles. The Morgan fingerprint density at radius 3 is 2.81 bits per heavy atom. The van der Waals surface area contributed by atoms with Gasteiger partial charge in [0.05, 0.1) is 4.92 Å². The predicted octanol–water partition coefficient (Wildman–Crippen LogP) is 2.19. The molecule has 0 fully saturated rings. The Hall–Kier alpha value is -1.84. The molecule has 4 heteroatoms. The highest BCUT2D eigenvalue weighted by molar-refractivity contribution is 5.68. The summed E-state index contributed by atoms with van der Waals surface area (Å²) in [4.78, 5) is 10.2. The van der Waals surface area contributed by atoms with E-state index >= 15 is 0 Å². The number of nitrogens with one attached hydrogen (secondary N) is 1. The van der Waals surface area contributed by atoms with E-state index in [0.717, 1.165) is 23.7 Å². The van der Waals surface area contributed by atoms with Crippen molar-refractivity contribution in [1.29, 1.82) is 0 Å². The number of nitrogens with zero attached hydrogens (tertiary/aromatic N) is 1. The number of nitro groups is 1. The van der Waals surface area contributed by atoms with Crippen LogP contribution in [0.25, 0.3) is 5.70 Å². The fraction of sp³-hybridized carbons (Fsp3) is 0.333. The van der Waals surface area contributed by atoms with Crippen LogP contribution in [0.15, 0.2) is 30.5 Å². The smallest absolute Gasteiger partial charge is 0.258 e. The second-order valence-corrected chi connectivity index (χ2v) is 4.67. The maximum Gasteiger partial charge on any atom is 0.258 e. The zero-order chi connectivity index (χ0) is 11.8. The maximum absolute atomic E-state index is 10.6. The first-order valence-electron chi connectivity index (χ1n) is 5.20. The number of rotatable bonds is 1. The van der Waals surface area contributed by atoms with Crippen LogP contribution in [-0.4, -0.2) is 10.5 Å². The fourth-order valence-corrected chi connectivity index (χ4v) is 2.10. The molecule has 0 amide bonds. The molecular formula is C12H14N2O2. The third kappa shape index (κ3) is 2.05. The molecule has 4 nitrogen and oxygen atoms in total. The molecule has 0 unspecified atom stereocenters. The van der Waals surface area contributed by atoms with E-state index in [9.17, 15) is 10.1 Å². The highest BCUT2D eigenvalue weighted by atomic mass is 16.6. The van der Waals surface area contributed by atoms with Crippen LogP contribution in [0.1, 0.15) is 25.0 Å². The second-order valence-electron chi connectivity index (χ2n) is 4.67. The zero-order valence-corrected chi connectivity index (χ0v) is 9.36. The normalized spacial score (nSPS) is 20.0. The zero-order valence-electron chi connectivity index (χ0n) is 9.36. The largest absolute Gasteiger partial charge is 0.374 e. The summed E-state index contributed by atoms with van der Waals surface area (Å²) >= 11 is 0. The average molecular weight is 218 g/mol. The van der Waals surface area contributed by atoms with Crippen LogP contribution in [0, 0.1) is 10.1 Å². The Morgan fingerprint density at radius 2 is 2.12 bits per heavy atom. The molecule has 84 valence electrons. The van der Waals surface area contributed by atoms with Crippen molar-refractivity contribution >= 4 is 5.70 Å². The van der Waals surface area contributed by atoms with Gasteiger partial charge in [0, 0.05) is 11.1 Å². The average Bonchev–Trinajstić information content (AvgIpc) is 2.14. The molecule has 0 aromatic heterocycles. The minimum absolute atomic E-state index is 0.143. The van der Waals surface area contributed by atoms with E-state index < -0.39 is 4.92 Å². The van der Waals surface area contributed by atoms with Gasteiger partial charge in [-0.1, -0.05) is 24.3 Å². The first kappa shape index (κ1) is 10.7. The summed E-state index contributed by atoms with van der Waals surface area (Å²) in [5.74, 6) is 0. The number of fused-ring (bicyclic) bond motifs is 1. The molecule has 1 N–H and O–H groups in total. The van der Waals surface area contributed by atoms with Crippen molar-refractivity contribution in [2.45, 2.75) is 25.8 Å². The summed E-state index contributed by atoms with van der Waals surface area (Å²) in [6.45, 7) is 4.08. The van der Waals surface area contributed by atoms with Crippen LogP contribution < -0.4 is 5.32 Å². The van der Waals surface area contributed by atoms with Crippen molar-refractivity contribution in [1.82, 2.24) is 5.32 Å². The van der Waals surface area contributed by atoms with E-state index in [0.29, 0.717) is 5.70 Å². The standard InChI is InChI=1S/C12H14N2O2/c1-12(2)7-9-5-3-4-6-10(9)11(13-12)8-14(15)16/h3-6,8,13H,7H2,1-2H3/b11-8-. The summed E-state index contributed by atoms with van der Waals surface area (Å²) in [6, 6.07) is 7.79. The summed E-state index contributed by atoms with van der Waals surface area (Å²) in [6.07, 6.45) is 1.91. The van der Waals surface area contributed by atoms with E-state index in [-0.39, 0.29) is 5.54 Å². The van der Waals surface area contributed by atoms with Crippen molar-refractivity contribution in [2.24, 2.45) is 0 Å². The highest BCUT2D eigenvalue weighted by Gasteiger charge is 2.28. The molecule has 0 saturated carbocycles. The Balaban J connectivity index is 2.52. The minimum Gasteiger partial charge on any atom is -0.374 e. The Kier molecular flexibility index (Phi) is 2.42. The van der Waals surface area contributed by atoms with Crippen LogP contribution in [0.5, 0.6) is 0 Å². The van der Waals surface area contributed by atoms with Crippen LogP contribution in [0.3, 0.4) is 0 Å². The Bertz CT molecular complexity index is 464. The van der Waals surface area contributed by atoms with E-state index in [1.807, 2.05) is 38.1 Å². The number of hydrogen-bond acceptors (Lipinski definition) is 3. The molecule has 16 heavy (non-hydrogen) atoms. The van der Waals surface area contributed by atoms with Gasteiger partial charge >= 0.3 is 0 Å². The summed E-state index contributed by atoms with van der Waals surface area (Å²) in [5, 5.41) is 13.8. The first-order chi connectivity index (χ1) is 7.48. The quantitative estimate of drug-likeness (QED) is 0.580.